The molecule has 0 aliphatic heterocycles. The molecule has 0 amide bonds. The minimum Gasteiger partial charge on any atom is -0.260 e. The molecule has 9 heavy (non-hydrogen) atoms. The van der Waals surface area contributed by atoms with Crippen LogP contribution in [0.3, 0.4) is 0 Å². The largest absolute Gasteiger partial charge is 0.260 e. The summed E-state index contributed by atoms with van der Waals surface area (Å²) in [6.07, 6.45) is 0. The molecular formula is C4H5Cl2N3. The fourth-order valence-electron chi connectivity index (χ4n) is 0.161. The lowest BCUT2D eigenvalue weighted by atomic mass is 11.1. The number of nitrogens with zero attached hydrogens (tertiary/aromatic N) is 3. The van der Waals surface area contributed by atoms with Gasteiger partial charge >= 0.3 is 0 Å². The number of hydrogen-bond acceptors (Lipinski definition) is 1. The van der Waals surface area contributed by atoms with Crippen molar-refractivity contribution in [3.8, 4) is 0 Å². The maximum Gasteiger partial charge on any atom is 0.224 e. The van der Waals surface area contributed by atoms with E-state index in [9.17, 15) is 0 Å². The van der Waals surface area contributed by atoms with Crippen LogP contribution in [0, 0.1) is 0 Å². The Labute approximate surface area is 63.1 Å². The summed E-state index contributed by atoms with van der Waals surface area (Å²) in [5, 5.41) is 0.0537. The number of halogens is 2. The molecule has 50 valence electrons. The highest BCUT2D eigenvalue weighted by atomic mass is 35.5. The van der Waals surface area contributed by atoms with E-state index in [2.05, 4.69) is 21.7 Å². The van der Waals surface area contributed by atoms with Gasteiger partial charge in [0.1, 0.15) is 0 Å². The van der Waals surface area contributed by atoms with Gasteiger partial charge in [-0.25, -0.2) is 4.99 Å². The molecule has 0 N–H and O–H groups in total. The molecule has 0 aromatic heterocycles. The van der Waals surface area contributed by atoms with Crippen molar-refractivity contribution in [2.45, 2.75) is 0 Å². The molecule has 3 nitrogen and oxygen atoms in total. The van der Waals surface area contributed by atoms with Gasteiger partial charge in [0.15, 0.2) is 0 Å². The van der Waals surface area contributed by atoms with Crippen LogP contribution in [-0.4, -0.2) is 24.4 Å². The lowest BCUT2D eigenvalue weighted by Crippen LogP contribution is -1.85. The third kappa shape index (κ3) is 4.12. The highest BCUT2D eigenvalue weighted by molar-refractivity contribution is 6.71. The van der Waals surface area contributed by atoms with Gasteiger partial charge in [-0.15, -0.1) is 0 Å². The fraction of sp³-hybridized carbons (Fsp3) is 0.250. The highest BCUT2D eigenvalue weighted by Gasteiger charge is 1.88. The van der Waals surface area contributed by atoms with Gasteiger partial charge in [-0.05, 0) is 29.9 Å². The molecule has 0 saturated carbocycles. The Kier molecular flexibility index (Phi) is 4.26. The van der Waals surface area contributed by atoms with Crippen molar-refractivity contribution in [1.82, 2.24) is 0 Å². The number of rotatable bonds is 0. The van der Waals surface area contributed by atoms with Crippen LogP contribution in [0.25, 0.3) is 0 Å². The second kappa shape index (κ2) is 4.47. The molecule has 0 radical (unpaired) electrons. The van der Waals surface area contributed by atoms with E-state index in [1.165, 1.54) is 7.05 Å². The van der Waals surface area contributed by atoms with Gasteiger partial charge in [-0.3, -0.25) is 4.99 Å². The lowest BCUT2D eigenvalue weighted by molar-refractivity contribution is 1.43. The molecule has 0 atom stereocenters. The van der Waals surface area contributed by atoms with Crippen LogP contribution in [-0.2, 0) is 0 Å². The summed E-state index contributed by atoms with van der Waals surface area (Å²) in [6.45, 7) is 3.12. The van der Waals surface area contributed by atoms with E-state index < -0.39 is 0 Å². The molecular weight excluding hydrogens is 161 g/mol. The van der Waals surface area contributed by atoms with Crippen LogP contribution in [0.1, 0.15) is 0 Å². The van der Waals surface area contributed by atoms with Crippen molar-refractivity contribution in [3.63, 3.8) is 0 Å². The third-order valence-electron chi connectivity index (χ3n) is 0.500. The SMILES string of the molecule is C=NC(Cl)=NC(Cl)=NC. The van der Waals surface area contributed by atoms with Crippen molar-refractivity contribution in [1.29, 1.82) is 0 Å². The van der Waals surface area contributed by atoms with Gasteiger partial charge in [-0.1, -0.05) is 0 Å². The van der Waals surface area contributed by atoms with Crippen LogP contribution in [0.2, 0.25) is 0 Å². The summed E-state index contributed by atoms with van der Waals surface area (Å²) < 4.78 is 0. The maximum absolute atomic E-state index is 5.33. The molecule has 0 spiro atoms. The molecule has 5 heteroatoms. The fourth-order valence-corrected chi connectivity index (χ4v) is 0.365. The summed E-state index contributed by atoms with van der Waals surface area (Å²) in [5.74, 6) is 0. The summed E-state index contributed by atoms with van der Waals surface area (Å²) in [4.78, 5) is 10.3. The predicted molar refractivity (Wildman–Crippen MR) is 42.0 cm³/mol. The van der Waals surface area contributed by atoms with Crippen molar-refractivity contribution < 1.29 is 0 Å². The zero-order valence-electron chi connectivity index (χ0n) is 4.80. The Balaban J connectivity index is 4.11. The van der Waals surface area contributed by atoms with Crippen molar-refractivity contribution in [2.75, 3.05) is 7.05 Å². The second-order valence-corrected chi connectivity index (χ2v) is 1.71. The molecule has 0 heterocycles. The average Bonchev–Trinajstić information content (AvgIpc) is 1.87. The molecule has 0 aliphatic carbocycles. The zero-order chi connectivity index (χ0) is 7.28. The summed E-state index contributed by atoms with van der Waals surface area (Å²) in [5.41, 5.74) is 0. The molecule has 0 bridgehead atoms. The Hall–Kier alpha value is -0.410. The first-order valence-electron chi connectivity index (χ1n) is 2.04. The third-order valence-corrected chi connectivity index (χ3v) is 0.957. The molecule has 0 saturated heterocycles. The van der Waals surface area contributed by atoms with Crippen LogP contribution < -0.4 is 0 Å². The topological polar surface area (TPSA) is 37.1 Å². The standard InChI is InChI=1S/C4H5Cl2N3/c1-7-3(5)9-4(6)8-2/h1H2,2H3. The molecule has 0 unspecified atom stereocenters. The van der Waals surface area contributed by atoms with Crippen molar-refractivity contribution >= 4 is 40.5 Å². The van der Waals surface area contributed by atoms with E-state index in [1.807, 2.05) is 0 Å². The summed E-state index contributed by atoms with van der Waals surface area (Å²) in [7, 11) is 1.50. The van der Waals surface area contributed by atoms with E-state index in [4.69, 9.17) is 23.2 Å². The Bertz CT molecular complexity index is 161. The van der Waals surface area contributed by atoms with Crippen LogP contribution in [0.4, 0.5) is 0 Å². The van der Waals surface area contributed by atoms with Crippen molar-refractivity contribution in [2.24, 2.45) is 15.0 Å². The molecule has 0 aliphatic rings. The Morgan fingerprint density at radius 2 is 1.89 bits per heavy atom. The minimum atomic E-state index is -0.00870. The first-order valence-corrected chi connectivity index (χ1v) is 2.79. The second-order valence-electron chi connectivity index (χ2n) is 1.03. The van der Waals surface area contributed by atoms with Crippen LogP contribution in [0.5, 0.6) is 0 Å². The van der Waals surface area contributed by atoms with Crippen LogP contribution >= 0.6 is 23.2 Å². The molecule has 0 fully saturated rings. The van der Waals surface area contributed by atoms with E-state index in [-0.39, 0.29) is 10.6 Å². The zero-order valence-corrected chi connectivity index (χ0v) is 6.32. The smallest absolute Gasteiger partial charge is 0.224 e. The van der Waals surface area contributed by atoms with Gasteiger partial charge in [0.05, 0.1) is 0 Å². The van der Waals surface area contributed by atoms with Gasteiger partial charge in [-0.2, -0.15) is 4.99 Å². The Morgan fingerprint density at radius 1 is 1.33 bits per heavy atom. The van der Waals surface area contributed by atoms with Gasteiger partial charge < -0.3 is 0 Å². The van der Waals surface area contributed by atoms with Gasteiger partial charge in [0.2, 0.25) is 10.6 Å². The minimum absolute atomic E-state index is 0.00870. The monoisotopic (exact) mass is 165 g/mol. The average molecular weight is 166 g/mol. The first kappa shape index (κ1) is 8.59. The normalized spacial score (nSPS) is 13.7. The Morgan fingerprint density at radius 3 is 2.22 bits per heavy atom. The molecule has 0 rings (SSSR count). The van der Waals surface area contributed by atoms with Gasteiger partial charge in [0.25, 0.3) is 0 Å². The van der Waals surface area contributed by atoms with Crippen molar-refractivity contribution in [3.05, 3.63) is 0 Å². The van der Waals surface area contributed by atoms with E-state index in [0.29, 0.717) is 0 Å². The first-order chi connectivity index (χ1) is 4.20. The van der Waals surface area contributed by atoms with E-state index in [1.54, 1.807) is 0 Å². The van der Waals surface area contributed by atoms with E-state index >= 15 is 0 Å². The highest BCUT2D eigenvalue weighted by Crippen LogP contribution is 1.92. The molecule has 0 aromatic carbocycles. The number of hydrogen-bond donors (Lipinski definition) is 0. The summed E-state index contributed by atoms with van der Waals surface area (Å²) in [6, 6.07) is 0. The van der Waals surface area contributed by atoms with Gasteiger partial charge in [0, 0.05) is 7.05 Å². The number of amidine groups is 2. The maximum atomic E-state index is 5.33. The van der Waals surface area contributed by atoms with E-state index in [0.717, 1.165) is 0 Å². The summed E-state index contributed by atoms with van der Waals surface area (Å²) >= 11 is 10.6. The predicted octanol–water partition coefficient (Wildman–Crippen LogP) is 1.51. The number of aliphatic imine (C=N–C) groups is 3. The van der Waals surface area contributed by atoms with Crippen LogP contribution in [0.15, 0.2) is 15.0 Å². The quantitative estimate of drug-likeness (QED) is 0.297. The molecule has 0 aromatic rings. The lowest BCUT2D eigenvalue weighted by Gasteiger charge is -1.83.